The first-order chi connectivity index (χ1) is 6.81. The zero-order valence-electron chi connectivity index (χ0n) is 8.87. The molecule has 2 fully saturated rings. The van der Waals surface area contributed by atoms with Crippen molar-refractivity contribution in [2.24, 2.45) is 0 Å². The Kier molecular flexibility index (Phi) is 3.19. The number of carbonyl (C=O) groups is 1. The van der Waals surface area contributed by atoms with Crippen LogP contribution in [0.25, 0.3) is 0 Å². The zero-order valence-corrected chi connectivity index (χ0v) is 8.87. The number of rotatable bonds is 2. The molecule has 1 saturated carbocycles. The van der Waals surface area contributed by atoms with Crippen molar-refractivity contribution in [2.45, 2.75) is 44.8 Å². The number of hydrogen-bond acceptors (Lipinski definition) is 3. The van der Waals surface area contributed by atoms with Gasteiger partial charge in [0.25, 0.3) is 0 Å². The Balaban J connectivity index is 1.98. The van der Waals surface area contributed by atoms with E-state index in [1.165, 1.54) is 6.42 Å². The molecule has 1 heterocycles. The molecular formula is C11H19NO2. The zero-order chi connectivity index (χ0) is 9.97. The van der Waals surface area contributed by atoms with Gasteiger partial charge < -0.3 is 4.74 Å². The number of Topliss-reactive ketones (excluding diaryl/α,β-unsaturated/α-hetero) is 1. The van der Waals surface area contributed by atoms with E-state index in [-0.39, 0.29) is 6.10 Å². The van der Waals surface area contributed by atoms with Gasteiger partial charge in [0, 0.05) is 25.4 Å². The average Bonchev–Trinajstić information content (AvgIpc) is 2.18. The van der Waals surface area contributed by atoms with Crippen LogP contribution in [0.5, 0.6) is 0 Å². The van der Waals surface area contributed by atoms with Gasteiger partial charge in [-0.3, -0.25) is 9.69 Å². The van der Waals surface area contributed by atoms with Crippen molar-refractivity contribution in [3.63, 3.8) is 0 Å². The maximum Gasteiger partial charge on any atom is 0.135 e. The molecule has 1 aliphatic carbocycles. The van der Waals surface area contributed by atoms with E-state index < -0.39 is 0 Å². The van der Waals surface area contributed by atoms with Gasteiger partial charge in [-0.25, -0.2) is 0 Å². The van der Waals surface area contributed by atoms with Crippen molar-refractivity contribution in [3.05, 3.63) is 0 Å². The van der Waals surface area contributed by atoms with Crippen LogP contribution in [0.4, 0.5) is 0 Å². The Hall–Kier alpha value is -0.410. The van der Waals surface area contributed by atoms with Crippen molar-refractivity contribution in [2.75, 3.05) is 19.7 Å². The molecular weight excluding hydrogens is 178 g/mol. The fourth-order valence-electron chi connectivity index (χ4n) is 2.60. The van der Waals surface area contributed by atoms with E-state index >= 15 is 0 Å². The molecule has 3 nitrogen and oxygen atoms in total. The number of carbonyl (C=O) groups excluding carboxylic acids is 1. The van der Waals surface area contributed by atoms with Crippen LogP contribution in [0.3, 0.4) is 0 Å². The molecule has 0 aromatic heterocycles. The van der Waals surface area contributed by atoms with E-state index in [9.17, 15) is 4.79 Å². The molecule has 80 valence electrons. The number of nitrogens with zero attached hydrogens (tertiary/aromatic N) is 1. The molecule has 0 bridgehead atoms. The summed E-state index contributed by atoms with van der Waals surface area (Å²) >= 11 is 0. The largest absolute Gasteiger partial charge is 0.375 e. The van der Waals surface area contributed by atoms with E-state index in [4.69, 9.17) is 4.74 Å². The molecule has 0 aromatic rings. The van der Waals surface area contributed by atoms with E-state index in [0.29, 0.717) is 18.2 Å². The highest BCUT2D eigenvalue weighted by Crippen LogP contribution is 2.26. The van der Waals surface area contributed by atoms with Crippen LogP contribution in [0.1, 0.15) is 32.6 Å². The van der Waals surface area contributed by atoms with Gasteiger partial charge in [0.05, 0.1) is 12.7 Å². The van der Waals surface area contributed by atoms with Crippen LogP contribution in [-0.4, -0.2) is 42.5 Å². The van der Waals surface area contributed by atoms with Crippen LogP contribution in [0.2, 0.25) is 0 Å². The molecule has 2 unspecified atom stereocenters. The maximum atomic E-state index is 11.3. The standard InChI is InChI=1S/C11H19NO2/c1-2-5-12-6-7-14-11-8-9(13)3-4-10(11)12/h10-11H,2-8H2,1H3. The number of morpholine rings is 1. The smallest absolute Gasteiger partial charge is 0.135 e. The molecule has 0 radical (unpaired) electrons. The van der Waals surface area contributed by atoms with Crippen LogP contribution in [-0.2, 0) is 9.53 Å². The summed E-state index contributed by atoms with van der Waals surface area (Å²) in [6.45, 7) is 5.20. The van der Waals surface area contributed by atoms with Gasteiger partial charge in [0.2, 0.25) is 0 Å². The van der Waals surface area contributed by atoms with Gasteiger partial charge in [0.1, 0.15) is 5.78 Å². The van der Waals surface area contributed by atoms with Gasteiger partial charge >= 0.3 is 0 Å². The lowest BCUT2D eigenvalue weighted by Crippen LogP contribution is -2.54. The molecule has 0 spiro atoms. The number of hydrogen-bond donors (Lipinski definition) is 0. The highest BCUT2D eigenvalue weighted by molar-refractivity contribution is 5.80. The van der Waals surface area contributed by atoms with Gasteiger partial charge in [-0.15, -0.1) is 0 Å². The second-order valence-electron chi connectivity index (χ2n) is 4.29. The first-order valence-electron chi connectivity index (χ1n) is 5.68. The third-order valence-corrected chi connectivity index (χ3v) is 3.27. The summed E-state index contributed by atoms with van der Waals surface area (Å²) in [5, 5.41) is 0. The lowest BCUT2D eigenvalue weighted by Gasteiger charge is -2.43. The Morgan fingerprint density at radius 2 is 2.43 bits per heavy atom. The summed E-state index contributed by atoms with van der Waals surface area (Å²) in [5.74, 6) is 0.379. The summed E-state index contributed by atoms with van der Waals surface area (Å²) < 4.78 is 5.67. The minimum atomic E-state index is 0.191. The summed E-state index contributed by atoms with van der Waals surface area (Å²) in [6, 6.07) is 0.515. The van der Waals surface area contributed by atoms with Crippen LogP contribution in [0, 0.1) is 0 Å². The van der Waals surface area contributed by atoms with Crippen molar-refractivity contribution >= 4 is 5.78 Å². The predicted molar refractivity (Wildman–Crippen MR) is 54.3 cm³/mol. The topological polar surface area (TPSA) is 29.5 Å². The van der Waals surface area contributed by atoms with Crippen LogP contribution >= 0.6 is 0 Å². The van der Waals surface area contributed by atoms with Gasteiger partial charge in [-0.05, 0) is 19.4 Å². The molecule has 2 rings (SSSR count). The second-order valence-corrected chi connectivity index (χ2v) is 4.29. The highest BCUT2D eigenvalue weighted by atomic mass is 16.5. The van der Waals surface area contributed by atoms with Crippen LogP contribution < -0.4 is 0 Å². The Morgan fingerprint density at radius 1 is 1.57 bits per heavy atom. The quantitative estimate of drug-likeness (QED) is 0.666. The minimum absolute atomic E-state index is 0.191. The first kappa shape index (κ1) is 10.1. The Morgan fingerprint density at radius 3 is 3.21 bits per heavy atom. The second kappa shape index (κ2) is 4.41. The molecule has 2 atom stereocenters. The van der Waals surface area contributed by atoms with Gasteiger partial charge in [-0.1, -0.05) is 6.92 Å². The van der Waals surface area contributed by atoms with Gasteiger partial charge in [-0.2, -0.15) is 0 Å². The van der Waals surface area contributed by atoms with E-state index in [1.54, 1.807) is 0 Å². The van der Waals surface area contributed by atoms with E-state index in [2.05, 4.69) is 11.8 Å². The molecule has 14 heavy (non-hydrogen) atoms. The molecule has 1 aliphatic heterocycles. The van der Waals surface area contributed by atoms with Crippen LogP contribution in [0.15, 0.2) is 0 Å². The van der Waals surface area contributed by atoms with Crippen molar-refractivity contribution in [1.82, 2.24) is 4.90 Å². The summed E-state index contributed by atoms with van der Waals surface area (Å²) in [5.41, 5.74) is 0. The molecule has 0 aromatic carbocycles. The maximum absolute atomic E-state index is 11.3. The van der Waals surface area contributed by atoms with E-state index in [0.717, 1.165) is 32.5 Å². The Labute approximate surface area is 85.4 Å². The summed E-state index contributed by atoms with van der Waals surface area (Å²) in [7, 11) is 0. The Bertz CT molecular complexity index is 215. The lowest BCUT2D eigenvalue weighted by atomic mass is 9.89. The highest BCUT2D eigenvalue weighted by Gasteiger charge is 2.36. The van der Waals surface area contributed by atoms with Crippen molar-refractivity contribution < 1.29 is 9.53 Å². The normalized spacial score (nSPS) is 34.2. The molecule has 0 N–H and O–H groups in total. The monoisotopic (exact) mass is 197 g/mol. The minimum Gasteiger partial charge on any atom is -0.375 e. The summed E-state index contributed by atoms with van der Waals surface area (Å²) in [6.07, 6.45) is 3.78. The van der Waals surface area contributed by atoms with Gasteiger partial charge in [0.15, 0.2) is 0 Å². The number of fused-ring (bicyclic) bond motifs is 1. The summed E-state index contributed by atoms with van der Waals surface area (Å²) in [4.78, 5) is 13.8. The molecule has 1 saturated heterocycles. The number of ether oxygens (including phenoxy) is 1. The third kappa shape index (κ3) is 1.98. The fraction of sp³-hybridized carbons (Fsp3) is 0.909. The third-order valence-electron chi connectivity index (χ3n) is 3.27. The van der Waals surface area contributed by atoms with Crippen molar-refractivity contribution in [3.8, 4) is 0 Å². The lowest BCUT2D eigenvalue weighted by molar-refractivity contribution is -0.135. The first-order valence-corrected chi connectivity index (χ1v) is 5.68. The molecule has 2 aliphatic rings. The van der Waals surface area contributed by atoms with E-state index in [1.807, 2.05) is 0 Å². The predicted octanol–water partition coefficient (Wildman–Crippen LogP) is 1.22. The van der Waals surface area contributed by atoms with Crippen molar-refractivity contribution in [1.29, 1.82) is 0 Å². The fourth-order valence-corrected chi connectivity index (χ4v) is 2.60. The molecule has 0 amide bonds. The average molecular weight is 197 g/mol. The SMILES string of the molecule is CCCN1CCOC2CC(=O)CCC21. The molecule has 3 heteroatoms. The number of ketones is 1.